The molecule has 0 aliphatic carbocycles. The van der Waals surface area contributed by atoms with Gasteiger partial charge in [0.25, 0.3) is 5.91 Å². The van der Waals surface area contributed by atoms with Gasteiger partial charge in [0.05, 0.1) is 10.5 Å². The lowest BCUT2D eigenvalue weighted by Gasteiger charge is -2.33. The van der Waals surface area contributed by atoms with E-state index in [1.54, 1.807) is 24.3 Å². The molecule has 10 heteroatoms. The molecular weight excluding hydrogens is 481 g/mol. The topological polar surface area (TPSA) is 59.0 Å². The number of hydrogen-bond acceptors (Lipinski definition) is 4. The maximum atomic E-state index is 13.8. The van der Waals surface area contributed by atoms with Crippen molar-refractivity contribution < 1.29 is 18.0 Å². The van der Waals surface area contributed by atoms with Gasteiger partial charge in [-0.2, -0.15) is 18.3 Å². The number of fused-ring (bicyclic) bond motifs is 1. The number of carbonyl (C=O) groups excluding carboxylic acids is 1. The van der Waals surface area contributed by atoms with E-state index < -0.39 is 24.2 Å². The maximum Gasteiger partial charge on any atom is 0.410 e. The largest absolute Gasteiger partial charge is 0.410 e. The number of benzene rings is 1. The molecule has 30 heavy (non-hydrogen) atoms. The maximum absolute atomic E-state index is 13.8. The lowest BCUT2D eigenvalue weighted by atomic mass is 10.0. The summed E-state index contributed by atoms with van der Waals surface area (Å²) >= 11 is 4.68. The molecule has 4 rings (SSSR count). The van der Waals surface area contributed by atoms with Crippen LogP contribution in [-0.4, -0.2) is 21.9 Å². The van der Waals surface area contributed by atoms with Crippen LogP contribution in [0.3, 0.4) is 0 Å². The van der Waals surface area contributed by atoms with Gasteiger partial charge in [0.15, 0.2) is 11.7 Å². The average molecular weight is 499 g/mol. The van der Waals surface area contributed by atoms with E-state index in [2.05, 4.69) is 31.7 Å². The molecule has 2 N–H and O–H groups in total. The van der Waals surface area contributed by atoms with Crippen molar-refractivity contribution in [2.24, 2.45) is 0 Å². The van der Waals surface area contributed by atoms with E-state index in [0.717, 1.165) is 20.7 Å². The Morgan fingerprint density at radius 3 is 2.70 bits per heavy atom. The zero-order chi connectivity index (χ0) is 21.6. The number of aryl methyl sites for hydroxylation is 2. The molecule has 0 bridgehead atoms. The summed E-state index contributed by atoms with van der Waals surface area (Å²) in [5.41, 5.74) is 2.52. The zero-order valence-corrected chi connectivity index (χ0v) is 18.5. The van der Waals surface area contributed by atoms with Crippen LogP contribution in [-0.2, 0) is 0 Å². The fourth-order valence-corrected chi connectivity index (χ4v) is 4.77. The summed E-state index contributed by atoms with van der Waals surface area (Å²) in [6, 6.07) is 6.66. The first kappa shape index (κ1) is 20.9. The minimum atomic E-state index is -4.50. The Morgan fingerprint density at radius 2 is 2.07 bits per heavy atom. The van der Waals surface area contributed by atoms with Gasteiger partial charge < -0.3 is 10.6 Å². The lowest BCUT2D eigenvalue weighted by molar-refractivity contribution is -0.173. The molecule has 0 saturated heterocycles. The minimum Gasteiger partial charge on any atom is -0.362 e. The van der Waals surface area contributed by atoms with Crippen LogP contribution in [0.5, 0.6) is 0 Å². The van der Waals surface area contributed by atoms with Gasteiger partial charge in [0.1, 0.15) is 5.82 Å². The molecule has 0 fully saturated rings. The van der Waals surface area contributed by atoms with Crippen molar-refractivity contribution in [3.8, 4) is 0 Å². The fraction of sp³-hybridized carbons (Fsp3) is 0.300. The number of alkyl halides is 3. The first-order valence-corrected chi connectivity index (χ1v) is 10.9. The normalized spacial score (nSPS) is 18.6. The molecular formula is C20H18BrF3N4OS. The monoisotopic (exact) mass is 498 g/mol. The first-order chi connectivity index (χ1) is 14.1. The average Bonchev–Trinajstić information content (AvgIpc) is 3.32. The summed E-state index contributed by atoms with van der Waals surface area (Å²) in [7, 11) is 0. The summed E-state index contributed by atoms with van der Waals surface area (Å²) < 4.78 is 42.5. The highest BCUT2D eigenvalue weighted by Gasteiger charge is 2.48. The lowest BCUT2D eigenvalue weighted by Crippen LogP contribution is -2.35. The van der Waals surface area contributed by atoms with E-state index >= 15 is 0 Å². The van der Waals surface area contributed by atoms with Gasteiger partial charge in [-0.1, -0.05) is 12.1 Å². The predicted octanol–water partition coefficient (Wildman–Crippen LogP) is 6.24. The number of aromatic nitrogens is 2. The van der Waals surface area contributed by atoms with E-state index in [9.17, 15) is 18.0 Å². The van der Waals surface area contributed by atoms with E-state index in [1.807, 2.05) is 25.3 Å². The SMILES string of the molecule is Cc1ccc(NC(=O)c2nn3c(c2Br)N[C@H](c2cccs2)C[C@@H]3C(F)(F)F)cc1C. The number of rotatable bonds is 3. The summed E-state index contributed by atoms with van der Waals surface area (Å²) in [6.07, 6.45) is -4.71. The van der Waals surface area contributed by atoms with Gasteiger partial charge in [-0.15, -0.1) is 11.3 Å². The van der Waals surface area contributed by atoms with Gasteiger partial charge in [-0.3, -0.25) is 4.79 Å². The van der Waals surface area contributed by atoms with Crippen molar-refractivity contribution in [2.45, 2.75) is 38.5 Å². The number of anilines is 2. The van der Waals surface area contributed by atoms with Crippen molar-refractivity contribution in [1.82, 2.24) is 9.78 Å². The second-order valence-corrected chi connectivity index (χ2v) is 8.99. The number of nitrogens with one attached hydrogen (secondary N) is 2. The molecule has 1 amide bonds. The first-order valence-electron chi connectivity index (χ1n) is 9.18. The van der Waals surface area contributed by atoms with Crippen molar-refractivity contribution >= 4 is 44.7 Å². The van der Waals surface area contributed by atoms with Crippen LogP contribution in [0.2, 0.25) is 0 Å². The molecule has 0 saturated carbocycles. The molecule has 5 nitrogen and oxygen atoms in total. The standard InChI is InChI=1S/C20H18BrF3N4OS/c1-10-5-6-12(8-11(10)2)25-19(29)17-16(21)18-26-13(14-4-3-7-30-14)9-15(20(22,23)24)28(18)27-17/h3-8,13,15,26H,9H2,1-2H3,(H,25,29)/t13-,15+/m0/s1. The van der Waals surface area contributed by atoms with Crippen LogP contribution >= 0.6 is 27.3 Å². The molecule has 158 valence electrons. The number of halogens is 4. The number of amides is 1. The highest BCUT2D eigenvalue weighted by molar-refractivity contribution is 9.10. The molecule has 0 unspecified atom stereocenters. The number of thiophene rings is 1. The Labute approximate surface area is 183 Å². The van der Waals surface area contributed by atoms with Gasteiger partial charge in [0, 0.05) is 17.0 Å². The second kappa shape index (κ2) is 7.73. The number of hydrogen-bond donors (Lipinski definition) is 2. The van der Waals surface area contributed by atoms with Gasteiger partial charge in [-0.05, 0) is 64.5 Å². The Morgan fingerprint density at radius 1 is 1.30 bits per heavy atom. The Kier molecular flexibility index (Phi) is 5.39. The van der Waals surface area contributed by atoms with Crippen LogP contribution < -0.4 is 10.6 Å². The van der Waals surface area contributed by atoms with Gasteiger partial charge in [0.2, 0.25) is 0 Å². The van der Waals surface area contributed by atoms with Crippen LogP contribution in [0.25, 0.3) is 0 Å². The highest BCUT2D eigenvalue weighted by atomic mass is 79.9. The number of nitrogens with zero attached hydrogens (tertiary/aromatic N) is 2. The summed E-state index contributed by atoms with van der Waals surface area (Å²) in [5.74, 6) is -0.436. The molecule has 1 aliphatic heterocycles. The molecule has 2 aromatic heterocycles. The summed E-state index contributed by atoms with van der Waals surface area (Å²) in [5, 5.41) is 11.7. The molecule has 3 aromatic rings. The summed E-state index contributed by atoms with van der Waals surface area (Å²) in [4.78, 5) is 13.6. The zero-order valence-electron chi connectivity index (χ0n) is 16.0. The number of carbonyl (C=O) groups is 1. The molecule has 1 aromatic carbocycles. The van der Waals surface area contributed by atoms with E-state index in [0.29, 0.717) is 5.69 Å². The quantitative estimate of drug-likeness (QED) is 0.449. The molecule has 3 heterocycles. The van der Waals surface area contributed by atoms with Crippen LogP contribution in [0.4, 0.5) is 24.7 Å². The smallest absolute Gasteiger partial charge is 0.362 e. The second-order valence-electron chi connectivity index (χ2n) is 7.21. The predicted molar refractivity (Wildman–Crippen MR) is 114 cm³/mol. The Bertz CT molecular complexity index is 1090. The minimum absolute atomic E-state index is 0.100. The van der Waals surface area contributed by atoms with E-state index in [4.69, 9.17) is 0 Å². The fourth-order valence-electron chi connectivity index (χ4n) is 3.42. The van der Waals surface area contributed by atoms with Crippen LogP contribution in [0.1, 0.15) is 45.0 Å². The third kappa shape index (κ3) is 3.85. The van der Waals surface area contributed by atoms with Crippen LogP contribution in [0, 0.1) is 13.8 Å². The Balaban J connectivity index is 1.69. The highest BCUT2D eigenvalue weighted by Crippen LogP contribution is 2.46. The molecule has 1 aliphatic rings. The third-order valence-corrected chi connectivity index (χ3v) is 6.90. The van der Waals surface area contributed by atoms with Gasteiger partial charge >= 0.3 is 6.18 Å². The van der Waals surface area contributed by atoms with E-state index in [-0.39, 0.29) is 22.4 Å². The van der Waals surface area contributed by atoms with Crippen LogP contribution in [0.15, 0.2) is 40.2 Å². The van der Waals surface area contributed by atoms with Crippen molar-refractivity contribution in [2.75, 3.05) is 10.6 Å². The molecule has 0 radical (unpaired) electrons. The molecule has 0 spiro atoms. The van der Waals surface area contributed by atoms with Gasteiger partial charge in [-0.25, -0.2) is 4.68 Å². The van der Waals surface area contributed by atoms with E-state index in [1.165, 1.54) is 11.3 Å². The summed E-state index contributed by atoms with van der Waals surface area (Å²) in [6.45, 7) is 3.87. The Hall–Kier alpha value is -2.33. The molecule has 2 atom stereocenters. The van der Waals surface area contributed by atoms with Crippen molar-refractivity contribution in [1.29, 1.82) is 0 Å². The third-order valence-electron chi connectivity index (χ3n) is 5.16. The van der Waals surface area contributed by atoms with Crippen molar-refractivity contribution in [3.63, 3.8) is 0 Å². The van der Waals surface area contributed by atoms with Crippen molar-refractivity contribution in [3.05, 3.63) is 61.9 Å².